The molecule has 2 aromatic carbocycles. The Morgan fingerprint density at radius 3 is 1.59 bits per heavy atom. The monoisotopic (exact) mass is 671 g/mol. The van der Waals surface area contributed by atoms with Crippen LogP contribution in [-0.4, -0.2) is 50.9 Å². The fourth-order valence-electron chi connectivity index (χ4n) is 3.97. The molecule has 4 rings (SSSR count). The van der Waals surface area contributed by atoms with Crippen molar-refractivity contribution in [1.29, 1.82) is 0 Å². The summed E-state index contributed by atoms with van der Waals surface area (Å²) < 4.78 is 40.9. The van der Waals surface area contributed by atoms with Crippen LogP contribution in [0.2, 0.25) is 0 Å². The van der Waals surface area contributed by atoms with Crippen LogP contribution in [-0.2, 0) is 9.47 Å². The SMILES string of the molecule is CC(C)(C)OC(=O)/N=C(/Nc1ccc(NC(=O)c2ccc(N/C(=N/C(=O)OC(C)(C)C)c3ccccn3)c(F)c2)c(F)c1)c1ccccn1. The molecule has 12 nitrogen and oxygen atoms in total. The van der Waals surface area contributed by atoms with Crippen LogP contribution in [0.5, 0.6) is 0 Å². The molecule has 0 radical (unpaired) electrons. The standard InChI is InChI=1S/C35H35F2N7O5/c1-34(2,3)48-32(46)43-29(27-11-7-9-17-38-27)40-22-14-16-26(24(37)20-22)42-31(45)21-13-15-25(23(36)19-21)41-30(28-12-8-10-18-39-28)44-33(47)49-35(4,5)6/h7-20H,1-6H3,(H,42,45)(H,40,43,46)(H,41,44,47). The Kier molecular flexibility index (Phi) is 11.1. The van der Waals surface area contributed by atoms with Gasteiger partial charge in [-0.25, -0.2) is 18.4 Å². The number of hydrogen-bond acceptors (Lipinski definition) is 7. The second kappa shape index (κ2) is 15.2. The number of aromatic nitrogens is 2. The first-order valence-electron chi connectivity index (χ1n) is 15.0. The molecule has 254 valence electrons. The number of halogens is 2. The van der Waals surface area contributed by atoms with Crippen LogP contribution in [0.3, 0.4) is 0 Å². The molecule has 2 heterocycles. The molecule has 0 saturated carbocycles. The molecule has 0 atom stereocenters. The predicted molar refractivity (Wildman–Crippen MR) is 182 cm³/mol. The van der Waals surface area contributed by atoms with Crippen molar-refractivity contribution in [2.75, 3.05) is 16.0 Å². The first-order chi connectivity index (χ1) is 23.1. The van der Waals surface area contributed by atoms with E-state index in [1.807, 2.05) is 0 Å². The maximum atomic E-state index is 15.2. The summed E-state index contributed by atoms with van der Waals surface area (Å²) in [5, 5.41) is 8.01. The summed E-state index contributed by atoms with van der Waals surface area (Å²) >= 11 is 0. The summed E-state index contributed by atoms with van der Waals surface area (Å²) in [5.41, 5.74) is -1.28. The highest BCUT2D eigenvalue weighted by atomic mass is 19.1. The molecule has 0 bridgehead atoms. The Morgan fingerprint density at radius 2 is 1.12 bits per heavy atom. The molecule has 0 aliphatic heterocycles. The number of amidine groups is 2. The van der Waals surface area contributed by atoms with Crippen molar-refractivity contribution in [3.8, 4) is 0 Å². The van der Waals surface area contributed by atoms with Crippen LogP contribution in [0, 0.1) is 11.6 Å². The van der Waals surface area contributed by atoms with Crippen molar-refractivity contribution in [1.82, 2.24) is 9.97 Å². The van der Waals surface area contributed by atoms with E-state index >= 15 is 8.78 Å². The lowest BCUT2D eigenvalue weighted by atomic mass is 10.1. The summed E-state index contributed by atoms with van der Waals surface area (Å²) in [6.45, 7) is 10.1. The van der Waals surface area contributed by atoms with Gasteiger partial charge < -0.3 is 25.4 Å². The highest BCUT2D eigenvalue weighted by molar-refractivity contribution is 6.12. The Morgan fingerprint density at radius 1 is 0.633 bits per heavy atom. The van der Waals surface area contributed by atoms with Gasteiger partial charge in [-0.15, -0.1) is 0 Å². The number of nitrogens with zero attached hydrogens (tertiary/aromatic N) is 4. The summed E-state index contributed by atoms with van der Waals surface area (Å²) in [7, 11) is 0. The molecule has 3 amide bonds. The topological polar surface area (TPSA) is 156 Å². The van der Waals surface area contributed by atoms with Crippen LogP contribution < -0.4 is 16.0 Å². The van der Waals surface area contributed by atoms with Crippen LogP contribution >= 0.6 is 0 Å². The van der Waals surface area contributed by atoms with Crippen molar-refractivity contribution in [3.05, 3.63) is 114 Å². The Labute approximate surface area is 281 Å². The molecule has 49 heavy (non-hydrogen) atoms. The average Bonchev–Trinajstić information content (AvgIpc) is 3.01. The molecule has 0 aliphatic rings. The number of benzene rings is 2. The summed E-state index contributed by atoms with van der Waals surface area (Å²) in [6.07, 6.45) is 1.19. The molecule has 4 aromatic rings. The second-order valence-electron chi connectivity index (χ2n) is 12.4. The zero-order valence-corrected chi connectivity index (χ0v) is 27.7. The predicted octanol–water partition coefficient (Wildman–Crippen LogP) is 7.59. The van der Waals surface area contributed by atoms with Gasteiger partial charge in [0.2, 0.25) is 0 Å². The van der Waals surface area contributed by atoms with Gasteiger partial charge in [-0.05, 0) is 102 Å². The van der Waals surface area contributed by atoms with Crippen molar-refractivity contribution < 1.29 is 32.6 Å². The number of hydrogen-bond donors (Lipinski definition) is 3. The van der Waals surface area contributed by atoms with Crippen LogP contribution in [0.4, 0.5) is 35.4 Å². The highest BCUT2D eigenvalue weighted by Crippen LogP contribution is 2.23. The minimum Gasteiger partial charge on any atom is -0.442 e. The average molecular weight is 672 g/mol. The quantitative estimate of drug-likeness (QED) is 0.139. The molecular weight excluding hydrogens is 636 g/mol. The Bertz CT molecular complexity index is 1890. The first kappa shape index (κ1) is 35.8. The van der Waals surface area contributed by atoms with Gasteiger partial charge in [0.25, 0.3) is 5.91 Å². The zero-order valence-electron chi connectivity index (χ0n) is 27.7. The minimum absolute atomic E-state index is 0.0116. The number of nitrogens with one attached hydrogen (secondary N) is 3. The van der Waals surface area contributed by atoms with Crippen molar-refractivity contribution in [2.24, 2.45) is 9.98 Å². The van der Waals surface area contributed by atoms with Gasteiger partial charge >= 0.3 is 12.2 Å². The molecule has 3 N–H and O–H groups in total. The number of carbonyl (C=O) groups is 3. The van der Waals surface area contributed by atoms with Gasteiger partial charge in [-0.1, -0.05) is 12.1 Å². The summed E-state index contributed by atoms with van der Waals surface area (Å²) in [4.78, 5) is 54.0. The van der Waals surface area contributed by atoms with Crippen molar-refractivity contribution in [2.45, 2.75) is 52.7 Å². The maximum absolute atomic E-state index is 15.2. The lowest BCUT2D eigenvalue weighted by Gasteiger charge is -2.18. The van der Waals surface area contributed by atoms with Gasteiger partial charge in [0.15, 0.2) is 11.7 Å². The van der Waals surface area contributed by atoms with E-state index in [1.165, 1.54) is 36.7 Å². The van der Waals surface area contributed by atoms with Gasteiger partial charge in [-0.3, -0.25) is 14.8 Å². The fraction of sp³-hybridized carbons (Fsp3) is 0.229. The number of ether oxygens (including phenoxy) is 2. The van der Waals surface area contributed by atoms with Gasteiger partial charge in [0.05, 0.1) is 11.4 Å². The van der Waals surface area contributed by atoms with Crippen LogP contribution in [0.1, 0.15) is 63.3 Å². The smallest absolute Gasteiger partial charge is 0.436 e. The van der Waals surface area contributed by atoms with Gasteiger partial charge in [0, 0.05) is 23.6 Å². The van der Waals surface area contributed by atoms with E-state index in [0.29, 0.717) is 5.69 Å². The molecule has 14 heteroatoms. The lowest BCUT2D eigenvalue weighted by molar-refractivity contribution is 0.0592. The highest BCUT2D eigenvalue weighted by Gasteiger charge is 2.20. The molecule has 0 spiro atoms. The largest absolute Gasteiger partial charge is 0.442 e. The second-order valence-corrected chi connectivity index (χ2v) is 12.4. The van der Waals surface area contributed by atoms with E-state index in [1.54, 1.807) is 77.9 Å². The van der Waals surface area contributed by atoms with E-state index in [-0.39, 0.29) is 40.0 Å². The van der Waals surface area contributed by atoms with Crippen LogP contribution in [0.15, 0.2) is 95.2 Å². The van der Waals surface area contributed by atoms with Crippen molar-refractivity contribution >= 4 is 46.8 Å². The minimum atomic E-state index is -0.913. The van der Waals surface area contributed by atoms with Crippen LogP contribution in [0.25, 0.3) is 0 Å². The van der Waals surface area contributed by atoms with Gasteiger partial charge in [-0.2, -0.15) is 9.98 Å². The van der Waals surface area contributed by atoms with E-state index in [9.17, 15) is 14.4 Å². The number of rotatable bonds is 6. The zero-order chi connectivity index (χ0) is 35.8. The third-order valence-corrected chi connectivity index (χ3v) is 5.97. The van der Waals surface area contributed by atoms with E-state index in [0.717, 1.165) is 12.1 Å². The van der Waals surface area contributed by atoms with Crippen molar-refractivity contribution in [3.63, 3.8) is 0 Å². The number of aliphatic imine (C=N–C) groups is 2. The molecule has 0 unspecified atom stereocenters. The number of carbonyl (C=O) groups excluding carboxylic acids is 3. The Hall–Kier alpha value is -6.05. The third-order valence-electron chi connectivity index (χ3n) is 5.97. The lowest BCUT2D eigenvalue weighted by Crippen LogP contribution is -2.25. The van der Waals surface area contributed by atoms with E-state index in [4.69, 9.17) is 9.47 Å². The molecule has 0 aliphatic carbocycles. The Balaban J connectivity index is 1.50. The molecular formula is C35H35F2N7O5. The summed E-state index contributed by atoms with van der Waals surface area (Å²) in [5.74, 6) is -2.54. The van der Waals surface area contributed by atoms with Gasteiger partial charge in [0.1, 0.15) is 34.2 Å². The molecule has 2 aromatic heterocycles. The molecule has 0 fully saturated rings. The number of amides is 3. The number of anilines is 3. The fourth-order valence-corrected chi connectivity index (χ4v) is 3.97. The summed E-state index contributed by atoms with van der Waals surface area (Å²) in [6, 6.07) is 17.2. The van der Waals surface area contributed by atoms with E-state index < -0.39 is 40.9 Å². The molecule has 0 saturated heterocycles. The number of pyridine rings is 2. The maximum Gasteiger partial charge on any atom is 0.436 e. The first-order valence-corrected chi connectivity index (χ1v) is 15.0. The normalized spacial score (nSPS) is 12.2. The third kappa shape index (κ3) is 11.0. The van der Waals surface area contributed by atoms with E-state index in [2.05, 4.69) is 35.9 Å².